The zero-order valence-electron chi connectivity index (χ0n) is 12.5. The molecule has 0 atom stereocenters. The van der Waals surface area contributed by atoms with Crippen LogP contribution in [0.4, 0.5) is 0 Å². The van der Waals surface area contributed by atoms with Gasteiger partial charge in [-0.3, -0.25) is 4.79 Å². The number of hydrogen-bond acceptors (Lipinski definition) is 4. The van der Waals surface area contributed by atoms with E-state index < -0.39 is 0 Å². The summed E-state index contributed by atoms with van der Waals surface area (Å²) in [6.07, 6.45) is 2.25. The van der Waals surface area contributed by atoms with E-state index in [2.05, 4.69) is 6.92 Å². The molecule has 1 aliphatic rings. The number of carbonyl (C=O) groups excluding carboxylic acids is 1. The Hall–Kier alpha value is -1.94. The molecule has 22 heavy (non-hydrogen) atoms. The van der Waals surface area contributed by atoms with Gasteiger partial charge in [-0.15, -0.1) is 0 Å². The predicted molar refractivity (Wildman–Crippen MR) is 86.7 cm³/mol. The third-order valence-electron chi connectivity index (χ3n) is 3.41. The first-order chi connectivity index (χ1) is 10.8. The van der Waals surface area contributed by atoms with Crippen molar-refractivity contribution in [3.05, 3.63) is 48.0 Å². The summed E-state index contributed by atoms with van der Waals surface area (Å²) in [5, 5.41) is 0. The third-order valence-corrected chi connectivity index (χ3v) is 4.50. The fourth-order valence-corrected chi connectivity index (χ4v) is 3.24. The molecule has 0 radical (unpaired) electrons. The van der Waals surface area contributed by atoms with Gasteiger partial charge in [0.05, 0.1) is 22.8 Å². The quantitative estimate of drug-likeness (QED) is 0.499. The van der Waals surface area contributed by atoms with Crippen molar-refractivity contribution in [2.75, 3.05) is 6.61 Å². The molecule has 3 nitrogen and oxygen atoms in total. The molecule has 0 spiro atoms. The van der Waals surface area contributed by atoms with E-state index in [1.165, 1.54) is 0 Å². The minimum atomic E-state index is -0.171. The number of rotatable bonds is 5. The zero-order chi connectivity index (χ0) is 15.4. The zero-order valence-corrected chi connectivity index (χ0v) is 13.3. The summed E-state index contributed by atoms with van der Waals surface area (Å²) >= 11 is 1.67. The van der Waals surface area contributed by atoms with Crippen LogP contribution in [0.3, 0.4) is 0 Å². The van der Waals surface area contributed by atoms with Crippen LogP contribution in [0, 0.1) is 0 Å². The van der Waals surface area contributed by atoms with Gasteiger partial charge >= 0.3 is 5.97 Å². The molecular weight excluding hydrogens is 296 g/mol. The highest BCUT2D eigenvalue weighted by molar-refractivity contribution is 7.99. The lowest BCUT2D eigenvalue weighted by atomic mass is 10.1. The molecule has 0 amide bonds. The van der Waals surface area contributed by atoms with Crippen LogP contribution in [0.15, 0.2) is 52.3 Å². The molecule has 0 fully saturated rings. The van der Waals surface area contributed by atoms with Gasteiger partial charge in [-0.2, -0.15) is 0 Å². The molecule has 0 bridgehead atoms. The third kappa shape index (κ3) is 3.45. The Kier molecular flexibility index (Phi) is 4.68. The van der Waals surface area contributed by atoms with Gasteiger partial charge in [-0.25, -0.2) is 0 Å². The molecule has 2 aromatic rings. The van der Waals surface area contributed by atoms with Crippen molar-refractivity contribution in [1.82, 2.24) is 0 Å². The van der Waals surface area contributed by atoms with Crippen LogP contribution >= 0.6 is 11.8 Å². The van der Waals surface area contributed by atoms with Crippen molar-refractivity contribution < 1.29 is 14.3 Å². The van der Waals surface area contributed by atoms with Crippen molar-refractivity contribution in [3.8, 4) is 11.5 Å². The molecule has 0 aliphatic carbocycles. The molecule has 1 aliphatic heterocycles. The number of carbonyl (C=O) groups is 1. The predicted octanol–water partition coefficient (Wildman–Crippen LogP) is 4.83. The number of ether oxygens (including phenoxy) is 2. The largest absolute Gasteiger partial charge is 0.465 e. The maximum Gasteiger partial charge on any atom is 0.310 e. The van der Waals surface area contributed by atoms with E-state index in [1.54, 1.807) is 11.8 Å². The van der Waals surface area contributed by atoms with Crippen LogP contribution in [-0.4, -0.2) is 12.6 Å². The normalized spacial score (nSPS) is 12.0. The van der Waals surface area contributed by atoms with E-state index in [-0.39, 0.29) is 5.97 Å². The van der Waals surface area contributed by atoms with Crippen LogP contribution in [-0.2, 0) is 16.0 Å². The standard InChI is InChI=1S/C18H18O3S/c1-2-3-10-20-18(19)12-13-8-9-15-17(11-13)22-16-7-5-4-6-14(16)21-15/h4-9,11H,2-3,10,12H2,1H3. The number of para-hydroxylation sites is 1. The molecule has 3 rings (SSSR count). The molecule has 0 saturated heterocycles. The Balaban J connectivity index is 1.69. The summed E-state index contributed by atoms with van der Waals surface area (Å²) < 4.78 is 11.1. The summed E-state index contributed by atoms with van der Waals surface area (Å²) in [6, 6.07) is 13.8. The molecule has 0 N–H and O–H groups in total. The highest BCUT2D eigenvalue weighted by Crippen LogP contribution is 2.46. The van der Waals surface area contributed by atoms with Gasteiger partial charge in [-0.05, 0) is 36.2 Å². The number of fused-ring (bicyclic) bond motifs is 2. The Morgan fingerprint density at radius 2 is 1.95 bits per heavy atom. The van der Waals surface area contributed by atoms with Crippen LogP contribution in [0.1, 0.15) is 25.3 Å². The number of esters is 1. The SMILES string of the molecule is CCCCOC(=O)Cc1ccc2c(c1)Sc1ccccc1O2. The summed E-state index contributed by atoms with van der Waals surface area (Å²) in [6.45, 7) is 2.58. The molecule has 0 aromatic heterocycles. The topological polar surface area (TPSA) is 35.5 Å². The molecule has 2 aromatic carbocycles. The van der Waals surface area contributed by atoms with Gasteiger partial charge in [0.25, 0.3) is 0 Å². The first-order valence-electron chi connectivity index (χ1n) is 7.49. The van der Waals surface area contributed by atoms with E-state index in [9.17, 15) is 4.79 Å². The second-order valence-corrected chi connectivity index (χ2v) is 6.27. The molecular formula is C18H18O3S. The minimum Gasteiger partial charge on any atom is -0.465 e. The van der Waals surface area contributed by atoms with E-state index in [0.29, 0.717) is 13.0 Å². The Labute approximate surface area is 134 Å². The van der Waals surface area contributed by atoms with Gasteiger partial charge in [0.15, 0.2) is 0 Å². The molecule has 4 heteroatoms. The van der Waals surface area contributed by atoms with Crippen LogP contribution in [0.2, 0.25) is 0 Å². The van der Waals surface area contributed by atoms with Crippen molar-refractivity contribution in [2.24, 2.45) is 0 Å². The van der Waals surface area contributed by atoms with E-state index in [1.807, 2.05) is 42.5 Å². The Bertz CT molecular complexity index is 682. The lowest BCUT2D eigenvalue weighted by Crippen LogP contribution is -2.09. The number of unbranched alkanes of at least 4 members (excludes halogenated alkanes) is 1. The molecule has 114 valence electrons. The second-order valence-electron chi connectivity index (χ2n) is 5.18. The van der Waals surface area contributed by atoms with Crippen LogP contribution < -0.4 is 4.74 Å². The first kappa shape index (κ1) is 15.0. The Morgan fingerprint density at radius 1 is 1.14 bits per heavy atom. The van der Waals surface area contributed by atoms with Gasteiger partial charge in [0.2, 0.25) is 0 Å². The maximum absolute atomic E-state index is 11.8. The highest BCUT2D eigenvalue weighted by atomic mass is 32.2. The van der Waals surface area contributed by atoms with E-state index in [0.717, 1.165) is 39.7 Å². The maximum atomic E-state index is 11.8. The highest BCUT2D eigenvalue weighted by Gasteiger charge is 2.18. The monoisotopic (exact) mass is 314 g/mol. The molecule has 0 saturated carbocycles. The summed E-state index contributed by atoms with van der Waals surface area (Å²) in [5.41, 5.74) is 0.954. The fraction of sp³-hybridized carbons (Fsp3) is 0.278. The van der Waals surface area contributed by atoms with Crippen molar-refractivity contribution in [2.45, 2.75) is 36.0 Å². The Morgan fingerprint density at radius 3 is 2.82 bits per heavy atom. The average Bonchev–Trinajstić information content (AvgIpc) is 2.53. The minimum absolute atomic E-state index is 0.171. The number of hydrogen-bond donors (Lipinski definition) is 0. The lowest BCUT2D eigenvalue weighted by Gasteiger charge is -2.19. The van der Waals surface area contributed by atoms with Crippen molar-refractivity contribution in [3.63, 3.8) is 0 Å². The van der Waals surface area contributed by atoms with Crippen LogP contribution in [0.5, 0.6) is 11.5 Å². The van der Waals surface area contributed by atoms with Gasteiger partial charge in [0, 0.05) is 0 Å². The number of benzene rings is 2. The smallest absolute Gasteiger partial charge is 0.310 e. The first-order valence-corrected chi connectivity index (χ1v) is 8.31. The lowest BCUT2D eigenvalue weighted by molar-refractivity contribution is -0.142. The average molecular weight is 314 g/mol. The molecule has 0 unspecified atom stereocenters. The van der Waals surface area contributed by atoms with Crippen molar-refractivity contribution in [1.29, 1.82) is 0 Å². The van der Waals surface area contributed by atoms with E-state index in [4.69, 9.17) is 9.47 Å². The van der Waals surface area contributed by atoms with Gasteiger partial charge in [-0.1, -0.05) is 43.3 Å². The van der Waals surface area contributed by atoms with Crippen molar-refractivity contribution >= 4 is 17.7 Å². The fourth-order valence-electron chi connectivity index (χ4n) is 2.23. The summed E-state index contributed by atoms with van der Waals surface area (Å²) in [7, 11) is 0. The summed E-state index contributed by atoms with van der Waals surface area (Å²) in [4.78, 5) is 13.9. The van der Waals surface area contributed by atoms with Crippen LogP contribution in [0.25, 0.3) is 0 Å². The second kappa shape index (κ2) is 6.88. The molecule has 1 heterocycles. The van der Waals surface area contributed by atoms with Gasteiger partial charge in [0.1, 0.15) is 11.5 Å². The summed E-state index contributed by atoms with van der Waals surface area (Å²) in [5.74, 6) is 1.55. The van der Waals surface area contributed by atoms with E-state index >= 15 is 0 Å². The van der Waals surface area contributed by atoms with Gasteiger partial charge < -0.3 is 9.47 Å².